The molecule has 0 aliphatic carbocycles. The Bertz CT molecular complexity index is 272. The lowest BCUT2D eigenvalue weighted by Gasteiger charge is -2.27. The predicted octanol–water partition coefficient (Wildman–Crippen LogP) is 2.75. The number of morpholine rings is 1. The van der Waals surface area contributed by atoms with Gasteiger partial charge in [0, 0.05) is 24.5 Å². The molecule has 2 heterocycles. The normalized spacial score (nSPS) is 20.3. The summed E-state index contributed by atoms with van der Waals surface area (Å²) >= 11 is 8.06. The second-order valence-electron chi connectivity index (χ2n) is 3.73. The first-order chi connectivity index (χ1) is 7.36. The quantitative estimate of drug-likeness (QED) is 0.757. The van der Waals surface area contributed by atoms with Gasteiger partial charge in [0.15, 0.2) is 0 Å². The molecule has 1 unspecified atom stereocenters. The fourth-order valence-corrected chi connectivity index (χ4v) is 2.79. The highest BCUT2D eigenvalue weighted by Gasteiger charge is 2.14. The molecule has 84 valence electrons. The largest absolute Gasteiger partial charge is 0.379 e. The molecule has 0 aromatic carbocycles. The van der Waals surface area contributed by atoms with Crippen LogP contribution in [0.1, 0.15) is 16.7 Å². The minimum Gasteiger partial charge on any atom is -0.379 e. The first kappa shape index (κ1) is 11.4. The van der Waals surface area contributed by atoms with E-state index in [2.05, 4.69) is 22.4 Å². The van der Waals surface area contributed by atoms with E-state index >= 15 is 0 Å². The van der Waals surface area contributed by atoms with Crippen molar-refractivity contribution in [2.45, 2.75) is 11.8 Å². The van der Waals surface area contributed by atoms with Crippen molar-refractivity contribution in [1.29, 1.82) is 0 Å². The fraction of sp³-hybridized carbons (Fsp3) is 0.636. The summed E-state index contributed by atoms with van der Waals surface area (Å²) in [5, 5.41) is 2.26. The average molecular weight is 246 g/mol. The zero-order chi connectivity index (χ0) is 10.5. The highest BCUT2D eigenvalue weighted by atomic mass is 35.5. The molecule has 1 aliphatic rings. The van der Waals surface area contributed by atoms with Crippen molar-refractivity contribution in [3.05, 3.63) is 22.4 Å². The van der Waals surface area contributed by atoms with Crippen LogP contribution < -0.4 is 0 Å². The van der Waals surface area contributed by atoms with Gasteiger partial charge in [-0.3, -0.25) is 4.90 Å². The molecule has 0 bridgehead atoms. The number of hydrogen-bond acceptors (Lipinski definition) is 3. The Morgan fingerprint density at radius 3 is 2.93 bits per heavy atom. The SMILES string of the molecule is ClC(CCN1CCOCC1)c1cccs1. The van der Waals surface area contributed by atoms with E-state index in [-0.39, 0.29) is 5.38 Å². The maximum absolute atomic E-state index is 6.32. The molecule has 2 nitrogen and oxygen atoms in total. The van der Waals surface area contributed by atoms with Crippen molar-refractivity contribution in [2.24, 2.45) is 0 Å². The summed E-state index contributed by atoms with van der Waals surface area (Å²) in [4.78, 5) is 3.71. The Morgan fingerprint density at radius 2 is 2.27 bits per heavy atom. The van der Waals surface area contributed by atoms with E-state index in [4.69, 9.17) is 16.3 Å². The third-order valence-electron chi connectivity index (χ3n) is 2.65. The molecule has 0 N–H and O–H groups in total. The number of rotatable bonds is 4. The lowest BCUT2D eigenvalue weighted by atomic mass is 10.2. The monoisotopic (exact) mass is 245 g/mol. The topological polar surface area (TPSA) is 12.5 Å². The molecular weight excluding hydrogens is 230 g/mol. The van der Waals surface area contributed by atoms with Crippen LogP contribution in [0.3, 0.4) is 0 Å². The molecular formula is C11H16ClNOS. The number of halogens is 1. The van der Waals surface area contributed by atoms with Gasteiger partial charge in [-0.2, -0.15) is 0 Å². The predicted molar refractivity (Wildman–Crippen MR) is 64.8 cm³/mol. The standard InChI is InChI=1S/C11H16ClNOS/c12-10(11-2-1-9-15-11)3-4-13-5-7-14-8-6-13/h1-2,9-10H,3-8H2. The van der Waals surface area contributed by atoms with Gasteiger partial charge in [0.25, 0.3) is 0 Å². The summed E-state index contributed by atoms with van der Waals surface area (Å²) in [7, 11) is 0. The number of hydrogen-bond donors (Lipinski definition) is 0. The third kappa shape index (κ3) is 3.45. The van der Waals surface area contributed by atoms with E-state index in [0.717, 1.165) is 39.3 Å². The van der Waals surface area contributed by atoms with E-state index in [0.29, 0.717) is 0 Å². The molecule has 1 saturated heterocycles. The van der Waals surface area contributed by atoms with Gasteiger partial charge in [0.2, 0.25) is 0 Å². The van der Waals surface area contributed by atoms with Crippen LogP contribution in [-0.2, 0) is 4.74 Å². The number of thiophene rings is 1. The highest BCUT2D eigenvalue weighted by molar-refractivity contribution is 7.10. The van der Waals surface area contributed by atoms with Crippen LogP contribution >= 0.6 is 22.9 Å². The molecule has 4 heteroatoms. The van der Waals surface area contributed by atoms with Gasteiger partial charge in [0.1, 0.15) is 0 Å². The van der Waals surface area contributed by atoms with Crippen molar-refractivity contribution in [1.82, 2.24) is 4.90 Å². The molecule has 1 atom stereocenters. The Morgan fingerprint density at radius 1 is 1.47 bits per heavy atom. The number of alkyl halides is 1. The summed E-state index contributed by atoms with van der Waals surface area (Å²) in [6, 6.07) is 4.17. The molecule has 0 radical (unpaired) electrons. The second kappa shape index (κ2) is 5.85. The highest BCUT2D eigenvalue weighted by Crippen LogP contribution is 2.28. The minimum atomic E-state index is 0.174. The van der Waals surface area contributed by atoms with Crippen LogP contribution in [0.15, 0.2) is 17.5 Å². The maximum Gasteiger partial charge on any atom is 0.0690 e. The molecule has 2 rings (SSSR count). The molecule has 0 spiro atoms. The second-order valence-corrected chi connectivity index (χ2v) is 5.23. The summed E-state index contributed by atoms with van der Waals surface area (Å²) in [5.74, 6) is 0. The minimum absolute atomic E-state index is 0.174. The van der Waals surface area contributed by atoms with Gasteiger partial charge in [-0.25, -0.2) is 0 Å². The van der Waals surface area contributed by atoms with E-state index < -0.39 is 0 Å². The van der Waals surface area contributed by atoms with E-state index in [9.17, 15) is 0 Å². The average Bonchev–Trinajstić information content (AvgIpc) is 2.81. The smallest absolute Gasteiger partial charge is 0.0690 e. The lowest BCUT2D eigenvalue weighted by molar-refractivity contribution is 0.0373. The Balaban J connectivity index is 1.73. The first-order valence-corrected chi connectivity index (χ1v) is 6.65. The van der Waals surface area contributed by atoms with Crippen molar-refractivity contribution in [3.8, 4) is 0 Å². The first-order valence-electron chi connectivity index (χ1n) is 5.34. The van der Waals surface area contributed by atoms with Crippen molar-refractivity contribution in [3.63, 3.8) is 0 Å². The third-order valence-corrected chi connectivity index (χ3v) is 4.22. The number of nitrogens with zero attached hydrogens (tertiary/aromatic N) is 1. The summed E-state index contributed by atoms with van der Waals surface area (Å²) in [6.45, 7) is 4.91. The van der Waals surface area contributed by atoms with E-state index in [1.54, 1.807) is 11.3 Å². The van der Waals surface area contributed by atoms with E-state index in [1.165, 1.54) is 4.88 Å². The summed E-state index contributed by atoms with van der Waals surface area (Å²) in [5.41, 5.74) is 0. The molecule has 1 aliphatic heterocycles. The van der Waals surface area contributed by atoms with Crippen LogP contribution in [-0.4, -0.2) is 37.7 Å². The van der Waals surface area contributed by atoms with Gasteiger partial charge < -0.3 is 4.74 Å². The molecule has 1 fully saturated rings. The maximum atomic E-state index is 6.32. The van der Waals surface area contributed by atoms with Crippen LogP contribution in [0.4, 0.5) is 0 Å². The van der Waals surface area contributed by atoms with Gasteiger partial charge in [-0.1, -0.05) is 6.07 Å². The van der Waals surface area contributed by atoms with Crippen LogP contribution in [0.2, 0.25) is 0 Å². The molecule has 1 aromatic rings. The van der Waals surface area contributed by atoms with Crippen LogP contribution in [0.5, 0.6) is 0 Å². The van der Waals surface area contributed by atoms with Gasteiger partial charge in [-0.15, -0.1) is 22.9 Å². The van der Waals surface area contributed by atoms with Crippen LogP contribution in [0, 0.1) is 0 Å². The Kier molecular flexibility index (Phi) is 4.44. The molecule has 1 aromatic heterocycles. The van der Waals surface area contributed by atoms with Gasteiger partial charge >= 0.3 is 0 Å². The summed E-state index contributed by atoms with van der Waals surface area (Å²) < 4.78 is 5.31. The van der Waals surface area contributed by atoms with Gasteiger partial charge in [-0.05, 0) is 17.9 Å². The van der Waals surface area contributed by atoms with Crippen molar-refractivity contribution >= 4 is 22.9 Å². The fourth-order valence-electron chi connectivity index (χ4n) is 1.73. The van der Waals surface area contributed by atoms with E-state index in [1.807, 2.05) is 0 Å². The Labute approximate surface area is 99.8 Å². The molecule has 0 saturated carbocycles. The van der Waals surface area contributed by atoms with Crippen LogP contribution in [0.25, 0.3) is 0 Å². The van der Waals surface area contributed by atoms with Crippen molar-refractivity contribution < 1.29 is 4.74 Å². The summed E-state index contributed by atoms with van der Waals surface area (Å²) in [6.07, 6.45) is 1.03. The lowest BCUT2D eigenvalue weighted by Crippen LogP contribution is -2.37. The number of ether oxygens (including phenoxy) is 1. The molecule has 0 amide bonds. The molecule has 15 heavy (non-hydrogen) atoms. The Hall–Kier alpha value is -0.0900. The zero-order valence-corrected chi connectivity index (χ0v) is 10.3. The zero-order valence-electron chi connectivity index (χ0n) is 8.69. The van der Waals surface area contributed by atoms with Crippen molar-refractivity contribution in [2.75, 3.05) is 32.8 Å². The van der Waals surface area contributed by atoms with Gasteiger partial charge in [0.05, 0.1) is 18.6 Å².